The Morgan fingerprint density at radius 1 is 1.15 bits per heavy atom. The fraction of sp³-hybridized carbons (Fsp3) is 0.333. The third kappa shape index (κ3) is 2.26. The molecule has 0 bridgehead atoms. The van der Waals surface area contributed by atoms with Crippen molar-refractivity contribution in [1.29, 1.82) is 0 Å². The van der Waals surface area contributed by atoms with Gasteiger partial charge in [0.1, 0.15) is 45.7 Å². The minimum Gasteiger partial charge on any atom is -0.507 e. The van der Waals surface area contributed by atoms with Gasteiger partial charge in [-0.1, -0.05) is 0 Å². The second kappa shape index (κ2) is 6.07. The molecule has 1 aromatic carbocycles. The van der Waals surface area contributed by atoms with Gasteiger partial charge in [0.25, 0.3) is 0 Å². The number of allylic oxidation sites excluding steroid dienone is 2. The van der Waals surface area contributed by atoms with Gasteiger partial charge < -0.3 is 14.9 Å². The van der Waals surface area contributed by atoms with Gasteiger partial charge >= 0.3 is 0 Å². The Morgan fingerprint density at radius 2 is 1.73 bits per heavy atom. The molecule has 0 amide bonds. The topological polar surface area (TPSA) is 118 Å². The molecule has 1 radical (unpaired) electrons. The number of hydrogen-bond donors (Lipinski definition) is 2. The first-order valence-electron chi connectivity index (χ1n) is 7.62. The third-order valence-corrected chi connectivity index (χ3v) is 4.91. The van der Waals surface area contributed by atoms with Crippen LogP contribution in [-0.2, 0) is 36.9 Å². The van der Waals surface area contributed by atoms with Gasteiger partial charge in [0.05, 0.1) is 5.56 Å². The van der Waals surface area contributed by atoms with Gasteiger partial charge in [0.2, 0.25) is 0 Å². The van der Waals surface area contributed by atoms with Crippen molar-refractivity contribution in [1.82, 2.24) is 0 Å². The van der Waals surface area contributed by atoms with E-state index >= 15 is 0 Å². The number of ketones is 4. The molecule has 141 valence electrons. The quantitative estimate of drug-likeness (QED) is 0.433. The van der Waals surface area contributed by atoms with E-state index in [0.29, 0.717) is 0 Å². The number of Topliss-reactive ketones (excluding diaryl/α,β-unsaturated/α-hetero) is 3. The van der Waals surface area contributed by atoms with Gasteiger partial charge in [0.15, 0.2) is 17.3 Å². The predicted molar refractivity (Wildman–Crippen MR) is 84.8 cm³/mol. The SMILES string of the molecule is CC(=O)c1c(O)c(C)c(O)c2c1OC1=CC(=O)C(C(C)=O)C(=O)C12C.[Cu]. The zero-order valence-electron chi connectivity index (χ0n) is 14.4. The zero-order chi connectivity index (χ0) is 18.8. The van der Waals surface area contributed by atoms with Crippen LogP contribution in [0.4, 0.5) is 0 Å². The molecule has 1 aromatic rings. The number of rotatable bonds is 2. The van der Waals surface area contributed by atoms with Gasteiger partial charge in [-0.25, -0.2) is 0 Å². The van der Waals surface area contributed by atoms with Crippen molar-refractivity contribution in [2.45, 2.75) is 33.1 Å². The molecule has 0 saturated carbocycles. The Balaban J connectivity index is 0.00000243. The summed E-state index contributed by atoms with van der Waals surface area (Å²) in [6, 6.07) is 0. The molecule has 7 nitrogen and oxygen atoms in total. The number of aromatic hydroxyl groups is 2. The average Bonchev–Trinajstić information content (AvgIpc) is 2.78. The number of fused-ring (bicyclic) bond motifs is 3. The van der Waals surface area contributed by atoms with Crippen LogP contribution in [0.3, 0.4) is 0 Å². The van der Waals surface area contributed by atoms with Crippen molar-refractivity contribution < 1.29 is 51.2 Å². The van der Waals surface area contributed by atoms with Crippen molar-refractivity contribution in [2.75, 3.05) is 0 Å². The van der Waals surface area contributed by atoms with Crippen molar-refractivity contribution in [3.63, 3.8) is 0 Å². The molecule has 0 saturated heterocycles. The van der Waals surface area contributed by atoms with Gasteiger partial charge in [-0.3, -0.25) is 19.2 Å². The van der Waals surface area contributed by atoms with Crippen LogP contribution in [0.2, 0.25) is 0 Å². The number of ether oxygens (including phenoxy) is 1. The fourth-order valence-electron chi connectivity index (χ4n) is 3.49. The van der Waals surface area contributed by atoms with Crippen molar-refractivity contribution in [3.05, 3.63) is 28.5 Å². The van der Waals surface area contributed by atoms with Crippen LogP contribution in [0.25, 0.3) is 0 Å². The summed E-state index contributed by atoms with van der Waals surface area (Å²) in [5.41, 5.74) is -1.77. The second-order valence-electron chi connectivity index (χ2n) is 6.50. The van der Waals surface area contributed by atoms with Crippen LogP contribution in [0.5, 0.6) is 17.2 Å². The van der Waals surface area contributed by atoms with E-state index in [4.69, 9.17) is 4.74 Å². The zero-order valence-corrected chi connectivity index (χ0v) is 15.3. The van der Waals surface area contributed by atoms with Gasteiger partial charge in [-0.05, 0) is 27.7 Å². The Labute approximate surface area is 159 Å². The maximum Gasteiger partial charge on any atom is 0.177 e. The minimum absolute atomic E-state index is 0. The maximum absolute atomic E-state index is 13.0. The smallest absolute Gasteiger partial charge is 0.177 e. The van der Waals surface area contributed by atoms with Crippen LogP contribution < -0.4 is 4.74 Å². The summed E-state index contributed by atoms with van der Waals surface area (Å²) in [4.78, 5) is 48.8. The first-order chi connectivity index (χ1) is 11.5. The summed E-state index contributed by atoms with van der Waals surface area (Å²) in [5, 5.41) is 20.7. The number of phenolic OH excluding ortho intramolecular Hbond substituents is 2. The first-order valence-corrected chi connectivity index (χ1v) is 7.62. The van der Waals surface area contributed by atoms with E-state index < -0.39 is 46.0 Å². The molecule has 1 aliphatic carbocycles. The van der Waals surface area contributed by atoms with E-state index in [1.165, 1.54) is 20.8 Å². The largest absolute Gasteiger partial charge is 0.507 e. The standard InChI is InChI=1S/C18H16O7.Cu/c1-6-14(22)12(8(3)20)16-13(15(6)23)18(4)10(25-16)5-9(21)11(7(2)19)17(18)24;/h5,11,22-23H,1-4H3;. The monoisotopic (exact) mass is 407 g/mol. The number of carbonyl (C=O) groups excluding carboxylic acids is 4. The first kappa shape index (κ1) is 19.9. The summed E-state index contributed by atoms with van der Waals surface area (Å²) in [6.07, 6.45) is 1.04. The average molecular weight is 408 g/mol. The molecule has 8 heteroatoms. The molecule has 0 aromatic heterocycles. The van der Waals surface area contributed by atoms with Crippen LogP contribution in [0.1, 0.15) is 42.3 Å². The fourth-order valence-corrected chi connectivity index (χ4v) is 3.49. The minimum atomic E-state index is -1.59. The molecule has 2 N–H and O–H groups in total. The summed E-state index contributed by atoms with van der Waals surface area (Å²) >= 11 is 0. The van der Waals surface area contributed by atoms with Crippen LogP contribution in [-0.4, -0.2) is 33.3 Å². The van der Waals surface area contributed by atoms with E-state index in [0.717, 1.165) is 13.0 Å². The number of carbonyl (C=O) groups is 4. The Bertz CT molecular complexity index is 928. The van der Waals surface area contributed by atoms with Crippen LogP contribution >= 0.6 is 0 Å². The molecule has 3 rings (SSSR count). The molecular formula is C18H16CuO7. The van der Waals surface area contributed by atoms with E-state index in [2.05, 4.69) is 0 Å². The Hall–Kier alpha value is -2.44. The molecule has 0 spiro atoms. The van der Waals surface area contributed by atoms with Crippen LogP contribution in [0, 0.1) is 12.8 Å². The van der Waals surface area contributed by atoms with E-state index in [1.807, 2.05) is 0 Å². The van der Waals surface area contributed by atoms with Gasteiger partial charge in [-0.15, -0.1) is 0 Å². The van der Waals surface area contributed by atoms with E-state index in [1.54, 1.807) is 0 Å². The number of phenols is 2. The summed E-state index contributed by atoms with van der Waals surface area (Å²) in [7, 11) is 0. The predicted octanol–water partition coefficient (Wildman–Crippen LogP) is 1.50. The molecule has 2 unspecified atom stereocenters. The van der Waals surface area contributed by atoms with Gasteiger partial charge in [0, 0.05) is 28.7 Å². The van der Waals surface area contributed by atoms with Crippen molar-refractivity contribution in [3.8, 4) is 17.2 Å². The van der Waals surface area contributed by atoms with E-state index in [-0.39, 0.29) is 45.3 Å². The van der Waals surface area contributed by atoms with Gasteiger partial charge in [-0.2, -0.15) is 0 Å². The summed E-state index contributed by atoms with van der Waals surface area (Å²) in [5.74, 6) is -5.15. The molecule has 0 fully saturated rings. The second-order valence-corrected chi connectivity index (χ2v) is 6.50. The third-order valence-electron chi connectivity index (χ3n) is 4.91. The Kier molecular flexibility index (Phi) is 4.64. The molecule has 26 heavy (non-hydrogen) atoms. The normalized spacial score (nSPS) is 23.4. The molecule has 1 aliphatic heterocycles. The molecule has 2 atom stereocenters. The summed E-state index contributed by atoms with van der Waals surface area (Å²) in [6.45, 7) is 5.17. The van der Waals surface area contributed by atoms with E-state index in [9.17, 15) is 29.4 Å². The maximum atomic E-state index is 13.0. The van der Waals surface area contributed by atoms with Crippen molar-refractivity contribution in [2.24, 2.45) is 5.92 Å². The molecule has 2 aliphatic rings. The Morgan fingerprint density at radius 3 is 2.23 bits per heavy atom. The number of benzene rings is 1. The number of hydrogen-bond acceptors (Lipinski definition) is 7. The molecule has 1 heterocycles. The van der Waals surface area contributed by atoms with Crippen LogP contribution in [0.15, 0.2) is 11.8 Å². The molecular weight excluding hydrogens is 392 g/mol. The summed E-state index contributed by atoms with van der Waals surface area (Å²) < 4.78 is 5.56. The van der Waals surface area contributed by atoms with Crippen molar-refractivity contribution >= 4 is 23.1 Å².